The summed E-state index contributed by atoms with van der Waals surface area (Å²) in [5, 5.41) is 3.62. The normalized spacial score (nSPS) is 11.8. The molecule has 3 aromatic carbocycles. The zero-order valence-corrected chi connectivity index (χ0v) is 19.3. The summed E-state index contributed by atoms with van der Waals surface area (Å²) in [7, 11) is 0. The Balaban J connectivity index is 2.03. The third kappa shape index (κ3) is 5.52. The van der Waals surface area contributed by atoms with Gasteiger partial charge >= 0.3 is 0 Å². The molecular weight excluding hydrogens is 376 g/mol. The largest absolute Gasteiger partial charge is 0.361 e. The molecule has 3 rings (SSSR count). The van der Waals surface area contributed by atoms with Crippen molar-refractivity contribution in [2.24, 2.45) is 4.99 Å². The van der Waals surface area contributed by atoms with Gasteiger partial charge in [-0.05, 0) is 53.5 Å². The highest BCUT2D eigenvalue weighted by Gasteiger charge is 2.07. The van der Waals surface area contributed by atoms with E-state index < -0.39 is 0 Å². The van der Waals surface area contributed by atoms with Crippen molar-refractivity contribution in [3.05, 3.63) is 101 Å². The van der Waals surface area contributed by atoms with Gasteiger partial charge in [0.15, 0.2) is 0 Å². The van der Waals surface area contributed by atoms with Crippen LogP contribution in [0.4, 0.5) is 11.4 Å². The third-order valence-corrected chi connectivity index (χ3v) is 5.78. The van der Waals surface area contributed by atoms with Gasteiger partial charge in [-0.3, -0.25) is 4.99 Å². The fourth-order valence-corrected chi connectivity index (χ4v) is 3.92. The van der Waals surface area contributed by atoms with Gasteiger partial charge in [-0.2, -0.15) is 0 Å². The summed E-state index contributed by atoms with van der Waals surface area (Å²) in [5.41, 5.74) is 9.81. The number of anilines is 1. The molecule has 0 bridgehead atoms. The summed E-state index contributed by atoms with van der Waals surface area (Å²) in [6.45, 7) is 8.79. The van der Waals surface area contributed by atoms with Crippen LogP contribution in [0.2, 0.25) is 0 Å². The summed E-state index contributed by atoms with van der Waals surface area (Å²) >= 11 is 0. The van der Waals surface area contributed by atoms with Crippen molar-refractivity contribution >= 4 is 23.2 Å². The number of hydrogen-bond acceptors (Lipinski definition) is 2. The average molecular weight is 411 g/mol. The SMILES string of the molecule is CCc1cccc(CC)c1N=C/C(=C/Nc1c(CC)cccc1CC)c1ccccc1. The minimum atomic E-state index is 0.979. The van der Waals surface area contributed by atoms with E-state index in [2.05, 4.69) is 106 Å². The van der Waals surface area contributed by atoms with Crippen LogP contribution >= 0.6 is 0 Å². The molecule has 160 valence electrons. The Bertz CT molecular complexity index is 1000. The van der Waals surface area contributed by atoms with Crippen LogP contribution in [0.3, 0.4) is 0 Å². The first-order valence-corrected chi connectivity index (χ1v) is 11.5. The molecule has 2 heteroatoms. The maximum absolute atomic E-state index is 4.99. The highest BCUT2D eigenvalue weighted by Crippen LogP contribution is 2.27. The molecule has 0 aromatic heterocycles. The van der Waals surface area contributed by atoms with Crippen molar-refractivity contribution in [1.82, 2.24) is 0 Å². The van der Waals surface area contributed by atoms with Gasteiger partial charge in [-0.1, -0.05) is 94.4 Å². The summed E-state index contributed by atoms with van der Waals surface area (Å²) in [4.78, 5) is 4.99. The molecule has 0 saturated carbocycles. The molecule has 1 N–H and O–H groups in total. The fraction of sp³-hybridized carbons (Fsp3) is 0.276. The summed E-state index contributed by atoms with van der Waals surface area (Å²) < 4.78 is 0. The summed E-state index contributed by atoms with van der Waals surface area (Å²) in [6.07, 6.45) is 8.08. The Hall–Kier alpha value is -3.13. The lowest BCUT2D eigenvalue weighted by atomic mass is 10.0. The molecule has 0 spiro atoms. The second kappa shape index (κ2) is 11.3. The summed E-state index contributed by atoms with van der Waals surface area (Å²) in [6, 6.07) is 23.5. The van der Waals surface area contributed by atoms with E-state index in [1.54, 1.807) is 0 Å². The van der Waals surface area contributed by atoms with E-state index in [9.17, 15) is 0 Å². The average Bonchev–Trinajstić information content (AvgIpc) is 2.84. The first-order valence-electron chi connectivity index (χ1n) is 11.5. The number of benzene rings is 3. The smallest absolute Gasteiger partial charge is 0.0693 e. The Morgan fingerprint density at radius 1 is 0.677 bits per heavy atom. The molecule has 0 amide bonds. The predicted octanol–water partition coefficient (Wildman–Crippen LogP) is 7.79. The van der Waals surface area contributed by atoms with Gasteiger partial charge in [-0.25, -0.2) is 0 Å². The number of nitrogens with zero attached hydrogens (tertiary/aromatic N) is 1. The molecule has 0 saturated heterocycles. The molecule has 0 aliphatic heterocycles. The first-order chi connectivity index (χ1) is 15.2. The van der Waals surface area contributed by atoms with Crippen LogP contribution in [-0.4, -0.2) is 6.21 Å². The number of nitrogens with one attached hydrogen (secondary N) is 1. The molecule has 0 aliphatic carbocycles. The van der Waals surface area contributed by atoms with E-state index >= 15 is 0 Å². The van der Waals surface area contributed by atoms with Crippen molar-refractivity contribution < 1.29 is 0 Å². The molecule has 2 nitrogen and oxygen atoms in total. The second-order valence-corrected chi connectivity index (χ2v) is 7.66. The van der Waals surface area contributed by atoms with Crippen LogP contribution in [0.5, 0.6) is 0 Å². The van der Waals surface area contributed by atoms with Crippen LogP contribution in [-0.2, 0) is 25.7 Å². The van der Waals surface area contributed by atoms with E-state index in [0.29, 0.717) is 0 Å². The Labute approximate surface area is 187 Å². The molecule has 0 radical (unpaired) electrons. The third-order valence-electron chi connectivity index (χ3n) is 5.78. The van der Waals surface area contributed by atoms with E-state index in [-0.39, 0.29) is 0 Å². The molecule has 0 unspecified atom stereocenters. The lowest BCUT2D eigenvalue weighted by molar-refractivity contribution is 1.08. The van der Waals surface area contributed by atoms with Crippen LogP contribution < -0.4 is 5.32 Å². The number of aliphatic imine (C=N–C) groups is 1. The zero-order valence-electron chi connectivity index (χ0n) is 19.3. The van der Waals surface area contributed by atoms with Crippen LogP contribution in [0.1, 0.15) is 55.5 Å². The topological polar surface area (TPSA) is 24.4 Å². The number of hydrogen-bond donors (Lipinski definition) is 1. The first kappa shape index (κ1) is 22.6. The van der Waals surface area contributed by atoms with Crippen molar-refractivity contribution in [1.29, 1.82) is 0 Å². The Morgan fingerprint density at radius 3 is 1.71 bits per heavy atom. The van der Waals surface area contributed by atoms with Crippen molar-refractivity contribution in [3.8, 4) is 0 Å². The van der Waals surface area contributed by atoms with Gasteiger partial charge in [0.05, 0.1) is 5.69 Å². The number of rotatable bonds is 9. The van der Waals surface area contributed by atoms with E-state index in [1.807, 2.05) is 6.21 Å². The van der Waals surface area contributed by atoms with Crippen molar-refractivity contribution in [2.45, 2.75) is 53.4 Å². The number of para-hydroxylation sites is 2. The Morgan fingerprint density at radius 2 is 1.19 bits per heavy atom. The zero-order chi connectivity index (χ0) is 22.1. The lowest BCUT2D eigenvalue weighted by Gasteiger charge is -2.14. The molecule has 0 atom stereocenters. The standard InChI is InChI=1S/C29H34N2/c1-5-22-16-12-17-23(6-2)28(22)30-20-27(26-14-10-9-11-15-26)21-31-29-24(7-3)18-13-19-25(29)8-4/h9-21,30H,5-8H2,1-4H3/b27-20-,31-21?. The molecule has 31 heavy (non-hydrogen) atoms. The minimum Gasteiger partial charge on any atom is -0.361 e. The summed E-state index contributed by atoms with van der Waals surface area (Å²) in [5.74, 6) is 0. The lowest BCUT2D eigenvalue weighted by Crippen LogP contribution is -2.01. The van der Waals surface area contributed by atoms with Crippen LogP contribution in [0.15, 0.2) is 77.9 Å². The van der Waals surface area contributed by atoms with Crippen molar-refractivity contribution in [2.75, 3.05) is 5.32 Å². The van der Waals surface area contributed by atoms with E-state index in [4.69, 9.17) is 4.99 Å². The number of allylic oxidation sites excluding steroid dienone is 1. The van der Waals surface area contributed by atoms with Gasteiger partial charge in [0.1, 0.15) is 0 Å². The number of aryl methyl sites for hydroxylation is 4. The molecule has 0 aliphatic rings. The highest BCUT2D eigenvalue weighted by atomic mass is 14.9. The van der Waals surface area contributed by atoms with Gasteiger partial charge in [0, 0.05) is 23.7 Å². The van der Waals surface area contributed by atoms with Crippen LogP contribution in [0, 0.1) is 0 Å². The van der Waals surface area contributed by atoms with Gasteiger partial charge in [0.25, 0.3) is 0 Å². The fourth-order valence-electron chi connectivity index (χ4n) is 3.92. The highest BCUT2D eigenvalue weighted by molar-refractivity contribution is 6.11. The minimum absolute atomic E-state index is 0.979. The molecule has 3 aromatic rings. The maximum atomic E-state index is 4.99. The van der Waals surface area contributed by atoms with E-state index in [0.717, 1.165) is 42.5 Å². The van der Waals surface area contributed by atoms with Gasteiger partial charge in [-0.15, -0.1) is 0 Å². The van der Waals surface area contributed by atoms with Crippen LogP contribution in [0.25, 0.3) is 5.57 Å². The van der Waals surface area contributed by atoms with Gasteiger partial charge < -0.3 is 5.32 Å². The molecule has 0 fully saturated rings. The monoisotopic (exact) mass is 410 g/mol. The molecule has 0 heterocycles. The second-order valence-electron chi connectivity index (χ2n) is 7.66. The predicted molar refractivity (Wildman–Crippen MR) is 137 cm³/mol. The maximum Gasteiger partial charge on any atom is 0.0693 e. The molecular formula is C29H34N2. The van der Waals surface area contributed by atoms with Gasteiger partial charge in [0.2, 0.25) is 0 Å². The quantitative estimate of drug-likeness (QED) is 0.358. The van der Waals surface area contributed by atoms with E-state index in [1.165, 1.54) is 27.9 Å². The van der Waals surface area contributed by atoms with Crippen molar-refractivity contribution in [3.63, 3.8) is 0 Å². The Kier molecular flexibility index (Phi) is 8.23.